The molecule has 1 aromatic carbocycles. The first-order valence-electron chi connectivity index (χ1n) is 6.25. The molecular weight excluding hydrogens is 262 g/mol. The summed E-state index contributed by atoms with van der Waals surface area (Å²) in [5.74, 6) is -0.422. The predicted molar refractivity (Wildman–Crippen MR) is 72.9 cm³/mol. The molecule has 0 fully saturated rings. The minimum atomic E-state index is -1.11. The number of hydrogen-bond donors (Lipinski definition) is 2. The summed E-state index contributed by atoms with van der Waals surface area (Å²) in [5, 5.41) is 11.5. The maximum Gasteiger partial charge on any atom is 0.408 e. The number of carbonyl (C=O) groups excluding carboxylic acids is 1. The van der Waals surface area contributed by atoms with Crippen molar-refractivity contribution in [1.29, 1.82) is 0 Å². The topological polar surface area (TPSA) is 84.9 Å². The lowest BCUT2D eigenvalue weighted by Crippen LogP contribution is -2.43. The molecule has 0 heterocycles. The van der Waals surface area contributed by atoms with Crippen molar-refractivity contribution in [2.75, 3.05) is 7.11 Å². The summed E-state index contributed by atoms with van der Waals surface area (Å²) in [6.07, 6.45) is -0.863. The molecule has 2 N–H and O–H groups in total. The van der Waals surface area contributed by atoms with Gasteiger partial charge in [-0.25, -0.2) is 9.59 Å². The minimum Gasteiger partial charge on any atom is -0.497 e. The van der Waals surface area contributed by atoms with E-state index in [-0.39, 0.29) is 12.5 Å². The number of amides is 1. The number of carboxylic acid groups (broad SMARTS) is 1. The van der Waals surface area contributed by atoms with E-state index in [4.69, 9.17) is 14.6 Å². The van der Waals surface area contributed by atoms with Gasteiger partial charge in [-0.15, -0.1) is 0 Å². The number of aliphatic carboxylic acids is 1. The second kappa shape index (κ2) is 7.37. The van der Waals surface area contributed by atoms with Gasteiger partial charge in [0.2, 0.25) is 0 Å². The predicted octanol–water partition coefficient (Wildman–Crippen LogP) is 1.83. The highest BCUT2D eigenvalue weighted by molar-refractivity contribution is 5.80. The van der Waals surface area contributed by atoms with E-state index in [1.807, 2.05) is 0 Å². The summed E-state index contributed by atoms with van der Waals surface area (Å²) in [7, 11) is 1.55. The lowest BCUT2D eigenvalue weighted by atomic mass is 10.1. The molecule has 0 unspecified atom stereocenters. The second-order valence-electron chi connectivity index (χ2n) is 4.54. The summed E-state index contributed by atoms with van der Waals surface area (Å²) in [6.45, 7) is 3.39. The van der Waals surface area contributed by atoms with Crippen molar-refractivity contribution in [1.82, 2.24) is 5.32 Å². The minimum absolute atomic E-state index is 0.173. The van der Waals surface area contributed by atoms with Crippen molar-refractivity contribution in [2.24, 2.45) is 0 Å². The number of ether oxygens (including phenoxy) is 2. The van der Waals surface area contributed by atoms with E-state index >= 15 is 0 Å². The largest absolute Gasteiger partial charge is 0.497 e. The molecule has 0 aromatic heterocycles. The van der Waals surface area contributed by atoms with Crippen molar-refractivity contribution in [3.8, 4) is 5.75 Å². The van der Waals surface area contributed by atoms with Crippen LogP contribution in [-0.2, 0) is 16.0 Å². The van der Waals surface area contributed by atoms with Crippen LogP contribution in [0.5, 0.6) is 5.75 Å². The summed E-state index contributed by atoms with van der Waals surface area (Å²) in [6, 6.07) is 5.95. The van der Waals surface area contributed by atoms with E-state index in [0.29, 0.717) is 5.75 Å². The van der Waals surface area contributed by atoms with Crippen molar-refractivity contribution >= 4 is 12.1 Å². The van der Waals surface area contributed by atoms with Crippen LogP contribution in [0, 0.1) is 0 Å². The molecule has 1 rings (SSSR count). The molecule has 110 valence electrons. The van der Waals surface area contributed by atoms with Gasteiger partial charge in [0, 0.05) is 6.42 Å². The number of hydrogen-bond acceptors (Lipinski definition) is 4. The van der Waals surface area contributed by atoms with Gasteiger partial charge in [0.05, 0.1) is 13.2 Å². The zero-order valence-corrected chi connectivity index (χ0v) is 11.8. The van der Waals surface area contributed by atoms with Gasteiger partial charge in [-0.2, -0.15) is 0 Å². The van der Waals surface area contributed by atoms with E-state index in [1.54, 1.807) is 45.2 Å². The SMILES string of the molecule is COc1ccc(C[C@H](NC(=O)OC(C)C)C(=O)O)cc1. The van der Waals surface area contributed by atoms with Crippen LogP contribution in [0.1, 0.15) is 19.4 Å². The molecule has 20 heavy (non-hydrogen) atoms. The van der Waals surface area contributed by atoms with Crippen molar-refractivity contribution in [2.45, 2.75) is 32.4 Å². The number of methoxy groups -OCH3 is 1. The number of benzene rings is 1. The maximum absolute atomic E-state index is 11.4. The number of nitrogens with one attached hydrogen (secondary N) is 1. The smallest absolute Gasteiger partial charge is 0.408 e. The lowest BCUT2D eigenvalue weighted by Gasteiger charge is -2.16. The van der Waals surface area contributed by atoms with E-state index in [9.17, 15) is 9.59 Å². The zero-order chi connectivity index (χ0) is 15.1. The molecular formula is C14H19NO5. The van der Waals surface area contributed by atoms with E-state index < -0.39 is 18.1 Å². The highest BCUT2D eigenvalue weighted by Gasteiger charge is 2.21. The molecule has 0 spiro atoms. The molecule has 0 aliphatic carbocycles. The van der Waals surface area contributed by atoms with E-state index in [0.717, 1.165) is 5.56 Å². The Morgan fingerprint density at radius 2 is 1.85 bits per heavy atom. The molecule has 0 saturated carbocycles. The van der Waals surface area contributed by atoms with Gasteiger partial charge in [0.15, 0.2) is 0 Å². The number of carbonyl (C=O) groups is 2. The molecule has 0 radical (unpaired) electrons. The Morgan fingerprint density at radius 1 is 1.25 bits per heavy atom. The maximum atomic E-state index is 11.4. The van der Waals surface area contributed by atoms with Gasteiger partial charge >= 0.3 is 12.1 Å². The summed E-state index contributed by atoms with van der Waals surface area (Å²) >= 11 is 0. The van der Waals surface area contributed by atoms with Crippen molar-refractivity contribution < 1.29 is 24.2 Å². The summed E-state index contributed by atoms with van der Waals surface area (Å²) in [4.78, 5) is 22.6. The molecule has 0 aliphatic rings. The highest BCUT2D eigenvalue weighted by Crippen LogP contribution is 2.13. The van der Waals surface area contributed by atoms with E-state index in [1.165, 1.54) is 0 Å². The quantitative estimate of drug-likeness (QED) is 0.831. The molecule has 0 saturated heterocycles. The van der Waals surface area contributed by atoms with Crippen LogP contribution < -0.4 is 10.1 Å². The molecule has 6 heteroatoms. The Balaban J connectivity index is 2.66. The van der Waals surface area contributed by atoms with Crippen molar-refractivity contribution in [3.63, 3.8) is 0 Å². The van der Waals surface area contributed by atoms with Crippen molar-refractivity contribution in [3.05, 3.63) is 29.8 Å². The van der Waals surface area contributed by atoms with Crippen LogP contribution in [0.25, 0.3) is 0 Å². The van der Waals surface area contributed by atoms with Gasteiger partial charge in [0.25, 0.3) is 0 Å². The second-order valence-corrected chi connectivity index (χ2v) is 4.54. The average molecular weight is 281 g/mol. The van der Waals surface area contributed by atoms with Gasteiger partial charge in [0.1, 0.15) is 11.8 Å². The number of carboxylic acids is 1. The fraction of sp³-hybridized carbons (Fsp3) is 0.429. The number of alkyl carbamates (subject to hydrolysis) is 1. The fourth-order valence-electron chi connectivity index (χ4n) is 1.59. The first-order valence-corrected chi connectivity index (χ1v) is 6.25. The van der Waals surface area contributed by atoms with E-state index in [2.05, 4.69) is 5.32 Å². The van der Waals surface area contributed by atoms with Crippen LogP contribution in [0.3, 0.4) is 0 Å². The Bertz CT molecular complexity index is 455. The monoisotopic (exact) mass is 281 g/mol. The van der Waals surface area contributed by atoms with Crippen LogP contribution in [0.4, 0.5) is 4.79 Å². The summed E-state index contributed by atoms with van der Waals surface area (Å²) in [5.41, 5.74) is 0.781. The average Bonchev–Trinajstić information content (AvgIpc) is 2.37. The van der Waals surface area contributed by atoms with Crippen LogP contribution in [0.2, 0.25) is 0 Å². The number of rotatable bonds is 6. The normalized spacial score (nSPS) is 11.8. The van der Waals surface area contributed by atoms with Gasteiger partial charge in [-0.3, -0.25) is 0 Å². The first kappa shape index (κ1) is 15.8. The van der Waals surface area contributed by atoms with Gasteiger partial charge in [-0.1, -0.05) is 12.1 Å². The molecule has 1 amide bonds. The van der Waals surface area contributed by atoms with Crippen LogP contribution >= 0.6 is 0 Å². The Hall–Kier alpha value is -2.24. The molecule has 1 atom stereocenters. The molecule has 0 aliphatic heterocycles. The fourth-order valence-corrected chi connectivity index (χ4v) is 1.59. The Labute approximate surface area is 117 Å². The van der Waals surface area contributed by atoms with Crippen LogP contribution in [0.15, 0.2) is 24.3 Å². The zero-order valence-electron chi connectivity index (χ0n) is 11.8. The molecule has 1 aromatic rings. The van der Waals surface area contributed by atoms with Crippen LogP contribution in [-0.4, -0.2) is 36.4 Å². The third-order valence-corrected chi connectivity index (χ3v) is 2.53. The molecule has 0 bridgehead atoms. The van der Waals surface area contributed by atoms with Gasteiger partial charge in [-0.05, 0) is 31.5 Å². The standard InChI is InChI=1S/C14H19NO5/c1-9(2)20-14(18)15-12(13(16)17)8-10-4-6-11(19-3)7-5-10/h4-7,9,12H,8H2,1-3H3,(H,15,18)(H,16,17)/t12-/m0/s1. The molecule has 6 nitrogen and oxygen atoms in total. The third-order valence-electron chi connectivity index (χ3n) is 2.53. The summed E-state index contributed by atoms with van der Waals surface area (Å²) < 4.78 is 9.90. The third kappa shape index (κ3) is 5.17. The van der Waals surface area contributed by atoms with Gasteiger partial charge < -0.3 is 19.9 Å². The Kier molecular flexibility index (Phi) is 5.83. The lowest BCUT2D eigenvalue weighted by molar-refractivity contribution is -0.139. The Morgan fingerprint density at radius 3 is 2.30 bits per heavy atom. The first-order chi connectivity index (χ1) is 9.42. The highest BCUT2D eigenvalue weighted by atomic mass is 16.6.